The van der Waals surface area contributed by atoms with Crippen molar-refractivity contribution in [3.05, 3.63) is 30.3 Å². The van der Waals surface area contributed by atoms with Gasteiger partial charge in [0.2, 0.25) is 5.91 Å². The first-order chi connectivity index (χ1) is 9.25. The van der Waals surface area contributed by atoms with Gasteiger partial charge in [-0.25, -0.2) is 0 Å². The summed E-state index contributed by atoms with van der Waals surface area (Å²) in [7, 11) is 1.92. The van der Waals surface area contributed by atoms with Gasteiger partial charge in [-0.1, -0.05) is 18.2 Å². The summed E-state index contributed by atoms with van der Waals surface area (Å²) in [5, 5.41) is 3.39. The number of benzene rings is 1. The molecule has 104 valence electrons. The highest BCUT2D eigenvalue weighted by Crippen LogP contribution is 2.18. The lowest BCUT2D eigenvalue weighted by molar-refractivity contribution is -0.127. The molecule has 4 heteroatoms. The fourth-order valence-corrected chi connectivity index (χ4v) is 3.20. The van der Waals surface area contributed by atoms with E-state index in [0.717, 1.165) is 24.5 Å². The maximum atomic E-state index is 12.1. The van der Waals surface area contributed by atoms with Crippen LogP contribution in [0.1, 0.15) is 12.8 Å². The van der Waals surface area contributed by atoms with Crippen LogP contribution in [0.15, 0.2) is 35.2 Å². The van der Waals surface area contributed by atoms with Gasteiger partial charge in [0, 0.05) is 18.5 Å². The molecular formula is C15H22N2OS. The minimum absolute atomic E-state index is 0.222. The SMILES string of the molecule is CN(CC1CCCNC1)C(=O)CSc1ccccc1. The van der Waals surface area contributed by atoms with Crippen LogP contribution in [0.25, 0.3) is 0 Å². The molecule has 3 nitrogen and oxygen atoms in total. The van der Waals surface area contributed by atoms with Gasteiger partial charge in [-0.2, -0.15) is 0 Å². The average molecular weight is 278 g/mol. The van der Waals surface area contributed by atoms with E-state index in [9.17, 15) is 4.79 Å². The topological polar surface area (TPSA) is 32.3 Å². The number of piperidine rings is 1. The molecule has 1 atom stereocenters. The summed E-state index contributed by atoms with van der Waals surface area (Å²) in [6.07, 6.45) is 2.46. The highest BCUT2D eigenvalue weighted by Gasteiger charge is 2.17. The number of nitrogens with zero attached hydrogens (tertiary/aromatic N) is 1. The highest BCUT2D eigenvalue weighted by atomic mass is 32.2. The second-order valence-corrected chi connectivity index (χ2v) is 6.14. The Bertz CT molecular complexity index is 390. The maximum Gasteiger partial charge on any atom is 0.232 e. The Hall–Kier alpha value is -1.00. The number of nitrogens with one attached hydrogen (secondary N) is 1. The summed E-state index contributed by atoms with van der Waals surface area (Å²) >= 11 is 1.61. The van der Waals surface area contributed by atoms with Crippen molar-refractivity contribution in [2.24, 2.45) is 5.92 Å². The van der Waals surface area contributed by atoms with Crippen LogP contribution >= 0.6 is 11.8 Å². The molecule has 1 amide bonds. The van der Waals surface area contributed by atoms with Crippen molar-refractivity contribution in [3.63, 3.8) is 0 Å². The fraction of sp³-hybridized carbons (Fsp3) is 0.533. The Balaban J connectivity index is 1.72. The van der Waals surface area contributed by atoms with Gasteiger partial charge in [0.1, 0.15) is 0 Å². The van der Waals surface area contributed by atoms with Crippen molar-refractivity contribution < 1.29 is 4.79 Å². The van der Waals surface area contributed by atoms with E-state index in [1.54, 1.807) is 11.8 Å². The summed E-state index contributed by atoms with van der Waals surface area (Å²) in [4.78, 5) is 15.1. The van der Waals surface area contributed by atoms with Crippen LogP contribution < -0.4 is 5.32 Å². The Kier molecular flexibility index (Phi) is 5.73. The summed E-state index contributed by atoms with van der Waals surface area (Å²) < 4.78 is 0. The quantitative estimate of drug-likeness (QED) is 0.838. The van der Waals surface area contributed by atoms with E-state index < -0.39 is 0 Å². The molecule has 1 fully saturated rings. The predicted molar refractivity (Wildman–Crippen MR) is 80.4 cm³/mol. The molecular weight excluding hydrogens is 256 g/mol. The average Bonchev–Trinajstić information content (AvgIpc) is 2.47. The standard InChI is InChI=1S/C15H22N2OS/c1-17(11-13-6-5-9-16-10-13)15(18)12-19-14-7-3-2-4-8-14/h2-4,7-8,13,16H,5-6,9-12H2,1H3. The molecule has 1 aliphatic rings. The fourth-order valence-electron chi connectivity index (χ4n) is 2.34. The van der Waals surface area contributed by atoms with Gasteiger partial charge in [-0.15, -0.1) is 11.8 Å². The molecule has 1 heterocycles. The van der Waals surface area contributed by atoms with Crippen LogP contribution in [-0.2, 0) is 4.79 Å². The first-order valence-corrected chi connectivity index (χ1v) is 7.87. The molecule has 0 bridgehead atoms. The zero-order valence-corrected chi connectivity index (χ0v) is 12.3. The normalized spacial score (nSPS) is 19.1. The van der Waals surface area contributed by atoms with Gasteiger partial charge in [-0.3, -0.25) is 4.79 Å². The number of thioether (sulfide) groups is 1. The molecule has 19 heavy (non-hydrogen) atoms. The molecule has 1 saturated heterocycles. The van der Waals surface area contributed by atoms with Crippen molar-refractivity contribution in [2.75, 3.05) is 32.4 Å². The molecule has 0 radical (unpaired) electrons. The van der Waals surface area contributed by atoms with Crippen molar-refractivity contribution in [2.45, 2.75) is 17.7 Å². The Morgan fingerprint density at radius 1 is 1.42 bits per heavy atom. The van der Waals surface area contributed by atoms with E-state index in [1.165, 1.54) is 12.8 Å². The van der Waals surface area contributed by atoms with E-state index in [2.05, 4.69) is 5.32 Å². The summed E-state index contributed by atoms with van der Waals surface area (Å²) in [6.45, 7) is 3.04. The van der Waals surface area contributed by atoms with Crippen molar-refractivity contribution in [1.82, 2.24) is 10.2 Å². The van der Waals surface area contributed by atoms with Crippen LogP contribution in [0, 0.1) is 5.92 Å². The van der Waals surface area contributed by atoms with Gasteiger partial charge in [-0.05, 0) is 44.0 Å². The molecule has 1 aliphatic heterocycles. The Morgan fingerprint density at radius 2 is 2.21 bits per heavy atom. The Labute approximate surface area is 119 Å². The summed E-state index contributed by atoms with van der Waals surface area (Å²) in [6, 6.07) is 10.1. The van der Waals surface area contributed by atoms with Crippen LogP contribution in [0.4, 0.5) is 0 Å². The zero-order valence-electron chi connectivity index (χ0n) is 11.5. The van der Waals surface area contributed by atoms with Gasteiger partial charge < -0.3 is 10.2 Å². The van der Waals surface area contributed by atoms with Crippen molar-refractivity contribution >= 4 is 17.7 Å². The molecule has 1 N–H and O–H groups in total. The molecule has 2 rings (SSSR count). The highest BCUT2D eigenvalue weighted by molar-refractivity contribution is 8.00. The molecule has 0 spiro atoms. The van der Waals surface area contributed by atoms with Gasteiger partial charge in [0.05, 0.1) is 5.75 Å². The number of carbonyl (C=O) groups excluding carboxylic acids is 1. The van der Waals surface area contributed by atoms with Crippen molar-refractivity contribution in [3.8, 4) is 0 Å². The second-order valence-electron chi connectivity index (χ2n) is 5.09. The monoisotopic (exact) mass is 278 g/mol. The first-order valence-electron chi connectivity index (χ1n) is 6.88. The first kappa shape index (κ1) is 14.4. The predicted octanol–water partition coefficient (Wildman–Crippen LogP) is 2.24. The van der Waals surface area contributed by atoms with Gasteiger partial charge in [0.15, 0.2) is 0 Å². The minimum atomic E-state index is 0.222. The van der Waals surface area contributed by atoms with E-state index in [-0.39, 0.29) is 5.91 Å². The lowest BCUT2D eigenvalue weighted by Crippen LogP contribution is -2.39. The van der Waals surface area contributed by atoms with E-state index >= 15 is 0 Å². The van der Waals surface area contributed by atoms with E-state index in [0.29, 0.717) is 11.7 Å². The van der Waals surface area contributed by atoms with Gasteiger partial charge >= 0.3 is 0 Å². The molecule has 0 aliphatic carbocycles. The zero-order chi connectivity index (χ0) is 13.5. The van der Waals surface area contributed by atoms with Crippen LogP contribution in [-0.4, -0.2) is 43.2 Å². The maximum absolute atomic E-state index is 12.1. The van der Waals surface area contributed by atoms with Crippen molar-refractivity contribution in [1.29, 1.82) is 0 Å². The number of amides is 1. The molecule has 1 aromatic carbocycles. The van der Waals surface area contributed by atoms with Crippen LogP contribution in [0.3, 0.4) is 0 Å². The van der Waals surface area contributed by atoms with Crippen LogP contribution in [0.5, 0.6) is 0 Å². The third-order valence-corrected chi connectivity index (χ3v) is 4.46. The minimum Gasteiger partial charge on any atom is -0.345 e. The molecule has 1 aromatic rings. The van der Waals surface area contributed by atoms with E-state index in [1.807, 2.05) is 42.3 Å². The second kappa shape index (κ2) is 7.56. The third kappa shape index (κ3) is 4.88. The number of hydrogen-bond acceptors (Lipinski definition) is 3. The number of rotatable bonds is 5. The number of hydrogen-bond donors (Lipinski definition) is 1. The summed E-state index contributed by atoms with van der Waals surface area (Å²) in [5.41, 5.74) is 0. The molecule has 0 aromatic heterocycles. The van der Waals surface area contributed by atoms with E-state index in [4.69, 9.17) is 0 Å². The molecule has 1 unspecified atom stereocenters. The summed E-state index contributed by atoms with van der Waals surface area (Å²) in [5.74, 6) is 1.37. The van der Waals surface area contributed by atoms with Gasteiger partial charge in [0.25, 0.3) is 0 Å². The Morgan fingerprint density at radius 3 is 2.89 bits per heavy atom. The lowest BCUT2D eigenvalue weighted by atomic mass is 9.99. The number of carbonyl (C=O) groups is 1. The smallest absolute Gasteiger partial charge is 0.232 e. The van der Waals surface area contributed by atoms with Crippen LogP contribution in [0.2, 0.25) is 0 Å². The largest absolute Gasteiger partial charge is 0.345 e. The lowest BCUT2D eigenvalue weighted by Gasteiger charge is -2.27. The third-order valence-electron chi connectivity index (χ3n) is 3.46. The molecule has 0 saturated carbocycles.